The lowest BCUT2D eigenvalue weighted by Crippen LogP contribution is -2.09. The largest absolute Gasteiger partial charge is 0.504 e. The summed E-state index contributed by atoms with van der Waals surface area (Å²) in [5.74, 6) is -2.62. The molecule has 0 bridgehead atoms. The van der Waals surface area contributed by atoms with Crippen LogP contribution in [0.25, 0.3) is 0 Å². The fraction of sp³-hybridized carbons (Fsp3) is 0.364. The Morgan fingerprint density at radius 1 is 1.17 bits per heavy atom. The Balaban J connectivity index is 3.01. The van der Waals surface area contributed by atoms with Crippen LogP contribution in [0.4, 0.5) is 13.2 Å². The lowest BCUT2D eigenvalue weighted by atomic mass is 10.0. The summed E-state index contributed by atoms with van der Waals surface area (Å²) < 4.78 is 37.9. The molecule has 0 aromatic heterocycles. The van der Waals surface area contributed by atoms with Gasteiger partial charge in [0, 0.05) is 6.42 Å². The van der Waals surface area contributed by atoms with Crippen molar-refractivity contribution in [2.75, 3.05) is 0 Å². The molecule has 1 rings (SSSR count). The van der Waals surface area contributed by atoms with Gasteiger partial charge in [-0.2, -0.15) is 13.2 Å². The number of alkyl halides is 3. The van der Waals surface area contributed by atoms with Crippen LogP contribution >= 0.6 is 0 Å². The molecule has 7 heteroatoms. The Labute approximate surface area is 100 Å². The van der Waals surface area contributed by atoms with Gasteiger partial charge in [0.15, 0.2) is 11.5 Å². The third kappa shape index (κ3) is 3.54. The third-order valence-electron chi connectivity index (χ3n) is 2.34. The Bertz CT molecular complexity index is 454. The van der Waals surface area contributed by atoms with E-state index >= 15 is 0 Å². The first-order valence-electron chi connectivity index (χ1n) is 5.05. The number of carboxylic acids is 1. The second kappa shape index (κ2) is 5.16. The van der Waals surface area contributed by atoms with Crippen molar-refractivity contribution < 1.29 is 33.3 Å². The Kier molecular flexibility index (Phi) is 4.05. The van der Waals surface area contributed by atoms with Crippen molar-refractivity contribution in [3.05, 3.63) is 23.3 Å². The number of hydrogen-bond acceptors (Lipinski definition) is 3. The Morgan fingerprint density at radius 2 is 1.72 bits per heavy atom. The van der Waals surface area contributed by atoms with E-state index in [1.165, 1.54) is 0 Å². The summed E-state index contributed by atoms with van der Waals surface area (Å²) in [6, 6.07) is 1.24. The molecule has 18 heavy (non-hydrogen) atoms. The average molecular weight is 264 g/mol. The molecule has 0 saturated heterocycles. The predicted molar refractivity (Wildman–Crippen MR) is 55.3 cm³/mol. The second-order valence-electron chi connectivity index (χ2n) is 3.74. The minimum Gasteiger partial charge on any atom is -0.504 e. The van der Waals surface area contributed by atoms with Crippen LogP contribution in [0.2, 0.25) is 0 Å². The average Bonchev–Trinajstić information content (AvgIpc) is 2.20. The molecule has 0 atom stereocenters. The van der Waals surface area contributed by atoms with E-state index in [0.717, 1.165) is 6.07 Å². The molecule has 0 aliphatic carbocycles. The van der Waals surface area contributed by atoms with Gasteiger partial charge in [0.05, 0.1) is 5.56 Å². The van der Waals surface area contributed by atoms with Crippen molar-refractivity contribution in [1.29, 1.82) is 0 Å². The molecule has 3 N–H and O–H groups in total. The summed E-state index contributed by atoms with van der Waals surface area (Å²) in [4.78, 5) is 10.3. The number of halogens is 3. The number of hydrogen-bond donors (Lipinski definition) is 3. The van der Waals surface area contributed by atoms with Crippen molar-refractivity contribution in [3.63, 3.8) is 0 Å². The van der Waals surface area contributed by atoms with Gasteiger partial charge in [0.1, 0.15) is 0 Å². The van der Waals surface area contributed by atoms with E-state index in [4.69, 9.17) is 15.3 Å². The van der Waals surface area contributed by atoms with Gasteiger partial charge in [-0.1, -0.05) is 0 Å². The minimum atomic E-state index is -4.66. The molecule has 0 amide bonds. The van der Waals surface area contributed by atoms with Gasteiger partial charge in [-0.3, -0.25) is 4.79 Å². The summed E-state index contributed by atoms with van der Waals surface area (Å²) in [6.45, 7) is 0. The summed E-state index contributed by atoms with van der Waals surface area (Å²) in [5, 5.41) is 26.6. The lowest BCUT2D eigenvalue weighted by Gasteiger charge is -2.13. The van der Waals surface area contributed by atoms with Gasteiger partial charge in [-0.15, -0.1) is 0 Å². The first-order chi connectivity index (χ1) is 8.21. The number of phenolic OH excluding ortho intramolecular Hbond substituents is 2. The maximum Gasteiger partial charge on any atom is 0.416 e. The quantitative estimate of drug-likeness (QED) is 0.730. The van der Waals surface area contributed by atoms with Crippen LogP contribution in [0.15, 0.2) is 12.1 Å². The minimum absolute atomic E-state index is 0.0165. The molecule has 100 valence electrons. The molecular formula is C11H11F3O4. The Hall–Kier alpha value is -1.92. The van der Waals surface area contributed by atoms with Crippen LogP contribution in [-0.2, 0) is 17.4 Å². The van der Waals surface area contributed by atoms with Crippen LogP contribution in [-0.4, -0.2) is 21.3 Å². The van der Waals surface area contributed by atoms with Crippen LogP contribution in [0.3, 0.4) is 0 Å². The topological polar surface area (TPSA) is 77.8 Å². The van der Waals surface area contributed by atoms with Crippen molar-refractivity contribution in [3.8, 4) is 11.5 Å². The molecule has 0 spiro atoms. The number of rotatable bonds is 4. The van der Waals surface area contributed by atoms with Gasteiger partial charge in [-0.05, 0) is 30.5 Å². The van der Waals surface area contributed by atoms with Gasteiger partial charge in [0.25, 0.3) is 0 Å². The third-order valence-corrected chi connectivity index (χ3v) is 2.34. The summed E-state index contributed by atoms with van der Waals surface area (Å²) >= 11 is 0. The highest BCUT2D eigenvalue weighted by atomic mass is 19.4. The predicted octanol–water partition coefficient (Wildman–Crippen LogP) is 2.52. The highest BCUT2D eigenvalue weighted by Gasteiger charge is 2.34. The number of aryl methyl sites for hydroxylation is 1. The van der Waals surface area contributed by atoms with Crippen molar-refractivity contribution in [2.45, 2.75) is 25.4 Å². The molecule has 0 radical (unpaired) electrons. The fourth-order valence-corrected chi connectivity index (χ4v) is 1.52. The Morgan fingerprint density at radius 3 is 2.22 bits per heavy atom. The molecule has 0 fully saturated rings. The molecule has 0 aliphatic rings. The number of aliphatic carboxylic acids is 1. The van der Waals surface area contributed by atoms with E-state index in [1.807, 2.05) is 0 Å². The molecule has 0 saturated carbocycles. The van der Waals surface area contributed by atoms with Crippen molar-refractivity contribution in [2.24, 2.45) is 0 Å². The smallest absolute Gasteiger partial charge is 0.416 e. The number of phenols is 2. The van der Waals surface area contributed by atoms with E-state index in [9.17, 15) is 18.0 Å². The van der Waals surface area contributed by atoms with Crippen LogP contribution in [0, 0.1) is 0 Å². The van der Waals surface area contributed by atoms with Crippen LogP contribution in [0.5, 0.6) is 11.5 Å². The summed E-state index contributed by atoms with van der Waals surface area (Å²) in [7, 11) is 0. The zero-order valence-corrected chi connectivity index (χ0v) is 9.16. The van der Waals surface area contributed by atoms with Gasteiger partial charge in [0.2, 0.25) is 0 Å². The lowest BCUT2D eigenvalue weighted by molar-refractivity contribution is -0.138. The fourth-order valence-electron chi connectivity index (χ4n) is 1.52. The molecule has 0 aliphatic heterocycles. The number of carbonyl (C=O) groups is 1. The molecule has 1 aromatic rings. The first-order valence-corrected chi connectivity index (χ1v) is 5.05. The van der Waals surface area contributed by atoms with Crippen LogP contribution in [0.1, 0.15) is 24.0 Å². The second-order valence-corrected chi connectivity index (χ2v) is 3.74. The molecule has 4 nitrogen and oxygen atoms in total. The van der Waals surface area contributed by atoms with E-state index in [2.05, 4.69) is 0 Å². The van der Waals surface area contributed by atoms with Crippen molar-refractivity contribution in [1.82, 2.24) is 0 Å². The van der Waals surface area contributed by atoms with Crippen molar-refractivity contribution >= 4 is 5.97 Å². The van der Waals surface area contributed by atoms with E-state index in [-0.39, 0.29) is 24.8 Å². The SMILES string of the molecule is O=C(O)CCCc1cc(O)c(O)cc1C(F)(F)F. The molecular weight excluding hydrogens is 253 g/mol. The first kappa shape index (κ1) is 14.1. The van der Waals surface area contributed by atoms with Gasteiger partial charge >= 0.3 is 12.1 Å². The van der Waals surface area contributed by atoms with E-state index < -0.39 is 29.2 Å². The number of carboxylic acid groups (broad SMARTS) is 1. The summed E-state index contributed by atoms with van der Waals surface area (Å²) in [6.07, 6.45) is -5.06. The molecule has 1 aromatic carbocycles. The highest BCUT2D eigenvalue weighted by molar-refractivity contribution is 5.66. The van der Waals surface area contributed by atoms with Gasteiger partial charge < -0.3 is 15.3 Å². The number of aromatic hydroxyl groups is 2. The zero-order valence-electron chi connectivity index (χ0n) is 9.16. The maximum absolute atomic E-state index is 12.6. The molecule has 0 unspecified atom stereocenters. The number of benzene rings is 1. The zero-order chi connectivity index (χ0) is 13.9. The monoisotopic (exact) mass is 264 g/mol. The van der Waals surface area contributed by atoms with E-state index in [0.29, 0.717) is 6.07 Å². The normalized spacial score (nSPS) is 11.5. The van der Waals surface area contributed by atoms with Gasteiger partial charge in [-0.25, -0.2) is 0 Å². The highest BCUT2D eigenvalue weighted by Crippen LogP contribution is 2.38. The molecule has 0 heterocycles. The van der Waals surface area contributed by atoms with E-state index in [1.54, 1.807) is 0 Å². The maximum atomic E-state index is 12.6. The van der Waals surface area contributed by atoms with Crippen LogP contribution < -0.4 is 0 Å². The summed E-state index contributed by atoms with van der Waals surface area (Å²) in [5.41, 5.74) is -1.30. The standard InChI is InChI=1S/C11H11F3O4/c12-11(13,14)7-5-9(16)8(15)4-6(7)2-1-3-10(17)18/h4-5,15-16H,1-3H2,(H,17,18).